The molecule has 0 bridgehead atoms. The number of alkyl halides is 1. The SMILES string of the molecule is CCCC(F)OC(=O)CCC(CNC(=O)c1c(C)c(N2CCCC(C)C2)nc2ccc(Br)cc12)c1cc(F)ccc1Cl. The van der Waals surface area contributed by atoms with Gasteiger partial charge in [-0.3, -0.25) is 9.59 Å². The average Bonchev–Trinajstić information content (AvgIpc) is 2.94. The Morgan fingerprint density at radius 2 is 2.02 bits per heavy atom. The zero-order valence-electron chi connectivity index (χ0n) is 24.2. The third-order valence-corrected chi connectivity index (χ3v) is 8.56. The van der Waals surface area contributed by atoms with Crippen LogP contribution in [0.15, 0.2) is 40.9 Å². The summed E-state index contributed by atoms with van der Waals surface area (Å²) < 4.78 is 33.8. The molecule has 1 saturated heterocycles. The van der Waals surface area contributed by atoms with Gasteiger partial charge in [0.1, 0.15) is 11.6 Å². The molecule has 1 aliphatic rings. The number of carbonyl (C=O) groups is 2. The van der Waals surface area contributed by atoms with Gasteiger partial charge in [-0.2, -0.15) is 0 Å². The second-order valence-electron chi connectivity index (χ2n) is 11.1. The number of esters is 1. The highest BCUT2D eigenvalue weighted by molar-refractivity contribution is 9.10. The van der Waals surface area contributed by atoms with Crippen LogP contribution >= 0.6 is 27.5 Å². The van der Waals surface area contributed by atoms with Crippen molar-refractivity contribution in [3.8, 4) is 0 Å². The smallest absolute Gasteiger partial charge is 0.308 e. The summed E-state index contributed by atoms with van der Waals surface area (Å²) in [6.07, 6.45) is 1.28. The summed E-state index contributed by atoms with van der Waals surface area (Å²) in [5, 5.41) is 4.04. The molecule has 1 N–H and O–H groups in total. The first-order chi connectivity index (χ1) is 20.1. The van der Waals surface area contributed by atoms with Crippen LogP contribution in [0.3, 0.4) is 0 Å². The fourth-order valence-corrected chi connectivity index (χ4v) is 6.21. The Morgan fingerprint density at radius 1 is 1.24 bits per heavy atom. The maximum Gasteiger partial charge on any atom is 0.308 e. The van der Waals surface area contributed by atoms with Crippen molar-refractivity contribution in [3.05, 3.63) is 68.4 Å². The van der Waals surface area contributed by atoms with Crippen LogP contribution < -0.4 is 10.2 Å². The van der Waals surface area contributed by atoms with E-state index in [2.05, 4.69) is 33.1 Å². The summed E-state index contributed by atoms with van der Waals surface area (Å²) in [5.74, 6) is -0.687. The first-order valence-corrected chi connectivity index (χ1v) is 15.7. The number of hydrogen-bond acceptors (Lipinski definition) is 5. The Labute approximate surface area is 259 Å². The van der Waals surface area contributed by atoms with E-state index in [1.54, 1.807) is 6.92 Å². The van der Waals surface area contributed by atoms with E-state index in [-0.39, 0.29) is 31.7 Å². The number of fused-ring (bicyclic) bond motifs is 1. The van der Waals surface area contributed by atoms with E-state index < -0.39 is 24.1 Å². The van der Waals surface area contributed by atoms with Crippen molar-refractivity contribution in [1.29, 1.82) is 0 Å². The van der Waals surface area contributed by atoms with Gasteiger partial charge in [-0.1, -0.05) is 41.4 Å². The number of nitrogens with zero attached hydrogens (tertiary/aromatic N) is 2. The fourth-order valence-electron chi connectivity index (χ4n) is 5.58. The number of hydrogen-bond donors (Lipinski definition) is 1. The predicted octanol–water partition coefficient (Wildman–Crippen LogP) is 8.27. The molecule has 1 amide bonds. The zero-order chi connectivity index (χ0) is 30.4. The number of amides is 1. The van der Waals surface area contributed by atoms with Crippen LogP contribution in [-0.2, 0) is 9.53 Å². The monoisotopic (exact) mass is 663 g/mol. The number of rotatable bonds is 11. The zero-order valence-corrected chi connectivity index (χ0v) is 26.5. The fraction of sp³-hybridized carbons (Fsp3) is 0.469. The maximum absolute atomic E-state index is 14.2. The molecule has 6 nitrogen and oxygen atoms in total. The molecule has 226 valence electrons. The van der Waals surface area contributed by atoms with Gasteiger partial charge in [0.2, 0.25) is 6.36 Å². The number of ether oxygens (including phenoxy) is 1. The number of carbonyl (C=O) groups excluding carboxylic acids is 2. The molecule has 4 rings (SSSR count). The molecule has 1 aromatic heterocycles. The number of nitrogens with one attached hydrogen (secondary N) is 1. The summed E-state index contributed by atoms with van der Waals surface area (Å²) in [6.45, 7) is 7.75. The molecule has 3 unspecified atom stereocenters. The van der Waals surface area contributed by atoms with Crippen molar-refractivity contribution in [2.24, 2.45) is 5.92 Å². The first kappa shape index (κ1) is 32.1. The van der Waals surface area contributed by atoms with Crippen LogP contribution in [0.5, 0.6) is 0 Å². The average molecular weight is 665 g/mol. The van der Waals surface area contributed by atoms with Gasteiger partial charge in [-0.25, -0.2) is 13.8 Å². The largest absolute Gasteiger partial charge is 0.431 e. The van der Waals surface area contributed by atoms with Gasteiger partial charge in [-0.15, -0.1) is 0 Å². The van der Waals surface area contributed by atoms with E-state index in [0.717, 1.165) is 41.8 Å². The van der Waals surface area contributed by atoms with Gasteiger partial charge in [0.05, 0.1) is 11.1 Å². The normalized spacial score (nSPS) is 16.7. The molecule has 10 heteroatoms. The summed E-state index contributed by atoms with van der Waals surface area (Å²) in [4.78, 5) is 33.4. The van der Waals surface area contributed by atoms with Crippen LogP contribution in [0.4, 0.5) is 14.6 Å². The lowest BCUT2D eigenvalue weighted by atomic mass is 9.93. The molecule has 1 fully saturated rings. The Morgan fingerprint density at radius 3 is 2.76 bits per heavy atom. The van der Waals surface area contributed by atoms with Gasteiger partial charge in [0.15, 0.2) is 0 Å². The van der Waals surface area contributed by atoms with Gasteiger partial charge in [0.25, 0.3) is 5.91 Å². The van der Waals surface area contributed by atoms with Crippen molar-refractivity contribution >= 4 is 56.1 Å². The number of halogens is 4. The lowest BCUT2D eigenvalue weighted by Crippen LogP contribution is -2.36. The second kappa shape index (κ2) is 14.6. The predicted molar refractivity (Wildman–Crippen MR) is 166 cm³/mol. The molecule has 2 aromatic carbocycles. The molecule has 3 atom stereocenters. The molecule has 3 aromatic rings. The highest BCUT2D eigenvalue weighted by Gasteiger charge is 2.26. The lowest BCUT2D eigenvalue weighted by molar-refractivity contribution is -0.158. The minimum Gasteiger partial charge on any atom is -0.431 e. The quantitative estimate of drug-likeness (QED) is 0.209. The first-order valence-electron chi connectivity index (χ1n) is 14.5. The Kier molecular flexibility index (Phi) is 11.2. The highest BCUT2D eigenvalue weighted by atomic mass is 79.9. The minimum absolute atomic E-state index is 0.0800. The van der Waals surface area contributed by atoms with E-state index >= 15 is 0 Å². The van der Waals surface area contributed by atoms with E-state index in [0.29, 0.717) is 39.4 Å². The number of pyridine rings is 1. The molecule has 0 radical (unpaired) electrons. The number of benzene rings is 2. The molecule has 42 heavy (non-hydrogen) atoms. The van der Waals surface area contributed by atoms with Gasteiger partial charge in [0, 0.05) is 58.8 Å². The molecule has 0 saturated carbocycles. The van der Waals surface area contributed by atoms with Gasteiger partial charge < -0.3 is 15.0 Å². The van der Waals surface area contributed by atoms with Crippen LogP contribution in [-0.4, -0.2) is 42.9 Å². The molecule has 0 aliphatic carbocycles. The van der Waals surface area contributed by atoms with Crippen molar-refractivity contribution in [2.45, 2.75) is 71.6 Å². The summed E-state index contributed by atoms with van der Waals surface area (Å²) in [6, 6.07) is 9.68. The van der Waals surface area contributed by atoms with E-state index in [1.165, 1.54) is 18.2 Å². The summed E-state index contributed by atoms with van der Waals surface area (Å²) in [5.41, 5.74) is 2.46. The van der Waals surface area contributed by atoms with Crippen molar-refractivity contribution in [2.75, 3.05) is 24.5 Å². The van der Waals surface area contributed by atoms with Crippen LogP contribution in [0.25, 0.3) is 10.9 Å². The number of piperidine rings is 1. The molecule has 1 aliphatic heterocycles. The number of aromatic nitrogens is 1. The van der Waals surface area contributed by atoms with E-state index in [9.17, 15) is 18.4 Å². The maximum atomic E-state index is 14.2. The molecular formula is C32H37BrClF2N3O3. The van der Waals surface area contributed by atoms with Crippen molar-refractivity contribution < 1.29 is 23.1 Å². The number of anilines is 1. The van der Waals surface area contributed by atoms with Crippen LogP contribution in [0.1, 0.15) is 79.8 Å². The molecular weight excluding hydrogens is 628 g/mol. The molecule has 0 spiro atoms. The highest BCUT2D eigenvalue weighted by Crippen LogP contribution is 2.33. The van der Waals surface area contributed by atoms with Crippen LogP contribution in [0.2, 0.25) is 5.02 Å². The third kappa shape index (κ3) is 7.98. The van der Waals surface area contributed by atoms with E-state index in [1.807, 2.05) is 25.1 Å². The Bertz CT molecular complexity index is 1440. The minimum atomic E-state index is -1.67. The summed E-state index contributed by atoms with van der Waals surface area (Å²) >= 11 is 9.95. The lowest BCUT2D eigenvalue weighted by Gasteiger charge is -2.33. The Balaban J connectivity index is 1.62. The van der Waals surface area contributed by atoms with Crippen molar-refractivity contribution in [3.63, 3.8) is 0 Å². The van der Waals surface area contributed by atoms with Crippen molar-refractivity contribution in [1.82, 2.24) is 10.3 Å². The molecule has 2 heterocycles. The van der Waals surface area contributed by atoms with Gasteiger partial charge >= 0.3 is 5.97 Å². The Hall–Kier alpha value is -2.78. The van der Waals surface area contributed by atoms with Crippen LogP contribution in [0, 0.1) is 18.7 Å². The topological polar surface area (TPSA) is 71.5 Å². The van der Waals surface area contributed by atoms with E-state index in [4.69, 9.17) is 21.3 Å². The second-order valence-corrected chi connectivity index (χ2v) is 12.4. The van der Waals surface area contributed by atoms with Gasteiger partial charge in [-0.05, 0) is 80.5 Å². The third-order valence-electron chi connectivity index (χ3n) is 7.73. The standard InChI is InChI=1S/C32H37BrClF2N3O3/c1-4-6-28(36)42-29(40)13-8-21(24-16-23(35)10-11-26(24)34)17-37-32(41)30-20(3)31(39-14-5-7-19(2)18-39)38-27-12-9-22(33)15-25(27)30/h9-12,15-16,19,21,28H,4-8,13-14,17-18H2,1-3H3,(H,37,41). The summed E-state index contributed by atoms with van der Waals surface area (Å²) in [7, 11) is 0.